The number of aliphatic carboxylic acids is 1. The van der Waals surface area contributed by atoms with Crippen molar-refractivity contribution >= 4 is 39.5 Å². The number of hydrogen-bond acceptors (Lipinski definition) is 4. The van der Waals surface area contributed by atoms with Gasteiger partial charge in [-0.2, -0.15) is 0 Å². The van der Waals surface area contributed by atoms with Gasteiger partial charge in [-0.1, -0.05) is 15.9 Å². The number of nitrogens with two attached hydrogens (primary N) is 1. The average molecular weight is 309 g/mol. The third-order valence-electron chi connectivity index (χ3n) is 1.87. The van der Waals surface area contributed by atoms with Crippen molar-refractivity contribution in [2.75, 3.05) is 11.9 Å². The van der Waals surface area contributed by atoms with E-state index in [-0.39, 0.29) is 24.2 Å². The van der Waals surface area contributed by atoms with Crippen LogP contribution in [0.4, 0.5) is 0 Å². The van der Waals surface area contributed by atoms with E-state index in [0.717, 1.165) is 0 Å². The second-order valence-corrected chi connectivity index (χ2v) is 3.92. The molecule has 0 bridgehead atoms. The molecule has 1 unspecified atom stereocenters. The van der Waals surface area contributed by atoms with Crippen molar-refractivity contribution in [3.05, 3.63) is 0 Å². The predicted octanol–water partition coefficient (Wildman–Crippen LogP) is -0.967. The lowest BCUT2D eigenvalue weighted by Crippen LogP contribution is -2.33. The van der Waals surface area contributed by atoms with Gasteiger partial charge in [0.15, 0.2) is 5.78 Å². The molecule has 0 aromatic rings. The van der Waals surface area contributed by atoms with E-state index in [9.17, 15) is 19.2 Å². The fourth-order valence-corrected chi connectivity index (χ4v) is 1.28. The number of primary amides is 1. The molecule has 0 aliphatic carbocycles. The van der Waals surface area contributed by atoms with Gasteiger partial charge in [0.2, 0.25) is 11.8 Å². The molecule has 0 heterocycles. The summed E-state index contributed by atoms with van der Waals surface area (Å²) in [5, 5.41) is 11.1. The van der Waals surface area contributed by atoms with Gasteiger partial charge in [0.05, 0.1) is 17.8 Å². The third kappa shape index (κ3) is 7.45. The van der Waals surface area contributed by atoms with Gasteiger partial charge >= 0.3 is 5.97 Å². The molecule has 0 saturated carbocycles. The minimum absolute atomic E-state index is 0.0594. The first kappa shape index (κ1) is 15.6. The van der Waals surface area contributed by atoms with Crippen molar-refractivity contribution < 1.29 is 24.3 Å². The van der Waals surface area contributed by atoms with Crippen molar-refractivity contribution in [1.82, 2.24) is 5.32 Å². The Kier molecular flexibility index (Phi) is 7.11. The van der Waals surface area contributed by atoms with Crippen LogP contribution in [0.5, 0.6) is 0 Å². The Bertz CT molecular complexity index is 331. The number of amides is 2. The SMILES string of the molecule is NC(=O)CC(CC(=O)CNC(=O)CBr)C(=O)O. The Hall–Kier alpha value is -1.44. The first-order chi connectivity index (χ1) is 7.86. The summed E-state index contributed by atoms with van der Waals surface area (Å²) in [5.41, 5.74) is 4.86. The van der Waals surface area contributed by atoms with E-state index in [1.165, 1.54) is 0 Å². The molecule has 0 radical (unpaired) electrons. The zero-order chi connectivity index (χ0) is 13.4. The number of rotatable bonds is 8. The maximum atomic E-state index is 11.3. The lowest BCUT2D eigenvalue weighted by atomic mass is 9.98. The van der Waals surface area contributed by atoms with Gasteiger partial charge in [0, 0.05) is 12.8 Å². The van der Waals surface area contributed by atoms with Gasteiger partial charge in [-0.25, -0.2) is 0 Å². The quantitative estimate of drug-likeness (QED) is 0.497. The number of nitrogens with one attached hydrogen (secondary N) is 1. The van der Waals surface area contributed by atoms with Crippen LogP contribution in [0.25, 0.3) is 0 Å². The lowest BCUT2D eigenvalue weighted by Gasteiger charge is -2.09. The molecule has 2 amide bonds. The highest BCUT2D eigenvalue weighted by Crippen LogP contribution is 2.08. The minimum atomic E-state index is -1.26. The Balaban J connectivity index is 4.17. The normalized spacial score (nSPS) is 11.6. The summed E-state index contributed by atoms with van der Waals surface area (Å²) in [4.78, 5) is 43.4. The molecule has 4 N–H and O–H groups in total. The maximum absolute atomic E-state index is 11.3. The van der Waals surface area contributed by atoms with Crippen LogP contribution in [0, 0.1) is 5.92 Å². The molecule has 8 heteroatoms. The molecule has 0 aliphatic heterocycles. The number of carboxylic acid groups (broad SMARTS) is 1. The monoisotopic (exact) mass is 308 g/mol. The second kappa shape index (κ2) is 7.77. The van der Waals surface area contributed by atoms with Crippen LogP contribution >= 0.6 is 15.9 Å². The maximum Gasteiger partial charge on any atom is 0.307 e. The Morgan fingerprint density at radius 3 is 2.24 bits per heavy atom. The van der Waals surface area contributed by atoms with E-state index < -0.39 is 30.0 Å². The Labute approximate surface area is 106 Å². The fourth-order valence-electron chi connectivity index (χ4n) is 1.08. The minimum Gasteiger partial charge on any atom is -0.481 e. The number of carboxylic acids is 1. The summed E-state index contributed by atoms with van der Waals surface area (Å²) < 4.78 is 0. The average Bonchev–Trinajstić information content (AvgIpc) is 2.24. The highest BCUT2D eigenvalue weighted by Gasteiger charge is 2.23. The highest BCUT2D eigenvalue weighted by molar-refractivity contribution is 9.09. The van der Waals surface area contributed by atoms with Crippen LogP contribution in [0.3, 0.4) is 0 Å². The van der Waals surface area contributed by atoms with E-state index in [1.807, 2.05) is 0 Å². The van der Waals surface area contributed by atoms with E-state index in [1.54, 1.807) is 0 Å². The first-order valence-electron chi connectivity index (χ1n) is 4.72. The summed E-state index contributed by atoms with van der Waals surface area (Å²) in [6.45, 7) is -0.257. The fraction of sp³-hybridized carbons (Fsp3) is 0.556. The molecule has 0 spiro atoms. The van der Waals surface area contributed by atoms with Crippen molar-refractivity contribution in [3.63, 3.8) is 0 Å². The van der Waals surface area contributed by atoms with Gasteiger partial charge in [-0.05, 0) is 0 Å². The summed E-state index contributed by atoms with van der Waals surface area (Å²) in [6.07, 6.45) is -0.728. The standard InChI is InChI=1S/C9H13BrN2O5/c10-3-8(15)12-4-6(13)1-5(9(16)17)2-7(11)14/h5H,1-4H2,(H2,11,14)(H,12,15)(H,16,17). The zero-order valence-electron chi connectivity index (χ0n) is 8.94. The smallest absolute Gasteiger partial charge is 0.307 e. The van der Waals surface area contributed by atoms with Crippen molar-refractivity contribution in [3.8, 4) is 0 Å². The first-order valence-corrected chi connectivity index (χ1v) is 5.84. The number of carbonyl (C=O) groups excluding carboxylic acids is 3. The summed E-state index contributed by atoms with van der Waals surface area (Å²) in [6, 6.07) is 0. The molecule has 0 aromatic carbocycles. The molecule has 0 fully saturated rings. The van der Waals surface area contributed by atoms with E-state index in [2.05, 4.69) is 21.2 Å². The van der Waals surface area contributed by atoms with Gasteiger partial charge < -0.3 is 16.2 Å². The number of alkyl halides is 1. The van der Waals surface area contributed by atoms with Crippen LogP contribution < -0.4 is 11.1 Å². The summed E-state index contributed by atoms with van der Waals surface area (Å²) >= 11 is 2.89. The van der Waals surface area contributed by atoms with E-state index >= 15 is 0 Å². The van der Waals surface area contributed by atoms with Crippen LogP contribution in [0.15, 0.2) is 0 Å². The topological polar surface area (TPSA) is 127 Å². The molecular formula is C9H13BrN2O5. The molecule has 96 valence electrons. The van der Waals surface area contributed by atoms with Gasteiger partial charge in [0.1, 0.15) is 0 Å². The largest absolute Gasteiger partial charge is 0.481 e. The van der Waals surface area contributed by atoms with Crippen LogP contribution in [0.2, 0.25) is 0 Å². The molecule has 0 saturated heterocycles. The summed E-state index contributed by atoms with van der Waals surface area (Å²) in [7, 11) is 0. The second-order valence-electron chi connectivity index (χ2n) is 3.36. The number of Topliss-reactive ketones (excluding diaryl/α,β-unsaturated/α-hetero) is 1. The molecule has 17 heavy (non-hydrogen) atoms. The molecule has 7 nitrogen and oxygen atoms in total. The van der Waals surface area contributed by atoms with Gasteiger partial charge in [0.25, 0.3) is 0 Å². The highest BCUT2D eigenvalue weighted by atomic mass is 79.9. The number of ketones is 1. The summed E-state index contributed by atoms with van der Waals surface area (Å²) in [5.74, 6) is -4.02. The Morgan fingerprint density at radius 2 is 1.82 bits per heavy atom. The van der Waals surface area contributed by atoms with Crippen LogP contribution in [-0.2, 0) is 19.2 Å². The molecule has 0 aliphatic rings. The Morgan fingerprint density at radius 1 is 1.24 bits per heavy atom. The number of halogens is 1. The van der Waals surface area contributed by atoms with Gasteiger partial charge in [-0.3, -0.25) is 19.2 Å². The van der Waals surface area contributed by atoms with Crippen molar-refractivity contribution in [1.29, 1.82) is 0 Å². The number of carbonyl (C=O) groups is 4. The molecule has 1 atom stereocenters. The predicted molar refractivity (Wildman–Crippen MR) is 61.4 cm³/mol. The number of hydrogen-bond donors (Lipinski definition) is 3. The zero-order valence-corrected chi connectivity index (χ0v) is 10.5. The van der Waals surface area contributed by atoms with Crippen LogP contribution in [0.1, 0.15) is 12.8 Å². The van der Waals surface area contributed by atoms with Crippen molar-refractivity contribution in [2.24, 2.45) is 11.7 Å². The molecular weight excluding hydrogens is 296 g/mol. The van der Waals surface area contributed by atoms with Gasteiger partial charge in [-0.15, -0.1) is 0 Å². The van der Waals surface area contributed by atoms with E-state index in [0.29, 0.717) is 0 Å². The lowest BCUT2D eigenvalue weighted by molar-refractivity contribution is -0.145. The van der Waals surface area contributed by atoms with Crippen LogP contribution in [-0.4, -0.2) is 40.5 Å². The third-order valence-corrected chi connectivity index (χ3v) is 2.38. The van der Waals surface area contributed by atoms with Crippen molar-refractivity contribution in [2.45, 2.75) is 12.8 Å². The molecule has 0 rings (SSSR count). The van der Waals surface area contributed by atoms with E-state index in [4.69, 9.17) is 10.8 Å². The molecule has 0 aromatic heterocycles.